The largest absolute Gasteiger partial charge is 1.00 e. The lowest BCUT2D eigenvalue weighted by Gasteiger charge is -2.38. The van der Waals surface area contributed by atoms with Gasteiger partial charge in [-0.05, 0) is 54.0 Å². The molecule has 0 spiro atoms. The Morgan fingerprint density at radius 2 is 1.35 bits per heavy atom. The maximum absolute atomic E-state index is 14.7. The first-order chi connectivity index (χ1) is 37.9. The number of para-hydroxylation sites is 1. The van der Waals surface area contributed by atoms with Gasteiger partial charge in [-0.15, -0.1) is 16.6 Å². The van der Waals surface area contributed by atoms with Crippen molar-refractivity contribution >= 4 is 46.5 Å². The highest BCUT2D eigenvalue weighted by atomic mass is 35.5. The lowest BCUT2D eigenvalue weighted by Crippen LogP contribution is -3.00. The van der Waals surface area contributed by atoms with E-state index < -0.39 is 24.1 Å². The van der Waals surface area contributed by atoms with Crippen LogP contribution in [0.2, 0.25) is 0 Å². The zero-order chi connectivity index (χ0) is 55.0. The fourth-order valence-corrected chi connectivity index (χ4v) is 9.32. The number of carbonyl (C=O) groups excluding carboxylic acids is 2. The Morgan fingerprint density at radius 1 is 0.772 bits per heavy atom. The number of nitrogens with one attached hydrogen (secondary N) is 2. The van der Waals surface area contributed by atoms with E-state index in [1.807, 2.05) is 39.0 Å². The van der Waals surface area contributed by atoms with Gasteiger partial charge in [-0.3, -0.25) is 14.4 Å². The molecule has 2 aliphatic heterocycles. The number of nitrogens with zero attached hydrogens (tertiary/aromatic N) is 13. The van der Waals surface area contributed by atoms with Crippen molar-refractivity contribution in [3.05, 3.63) is 89.6 Å². The molecule has 424 valence electrons. The van der Waals surface area contributed by atoms with Crippen LogP contribution in [0, 0.1) is 18.3 Å². The monoisotopic (exact) mass is 1110 g/mol. The predicted molar refractivity (Wildman–Crippen MR) is 289 cm³/mol. The number of nitrogens with two attached hydrogens (primary N) is 2. The highest BCUT2D eigenvalue weighted by molar-refractivity contribution is 5.83. The van der Waals surface area contributed by atoms with Gasteiger partial charge in [-0.2, -0.15) is 15.0 Å². The molecule has 25 nitrogen and oxygen atoms in total. The van der Waals surface area contributed by atoms with E-state index >= 15 is 0 Å². The second kappa shape index (κ2) is 28.9. The van der Waals surface area contributed by atoms with Crippen molar-refractivity contribution in [3.63, 3.8) is 0 Å². The number of ether oxygens (including phenoxy) is 3. The molecule has 2 fully saturated rings. The van der Waals surface area contributed by atoms with Gasteiger partial charge in [0.25, 0.3) is 0 Å². The van der Waals surface area contributed by atoms with Crippen LogP contribution in [-0.2, 0) is 41.4 Å². The normalized spacial score (nSPS) is 15.7. The number of hydrogen-bond acceptors (Lipinski definition) is 19. The fourth-order valence-electron chi connectivity index (χ4n) is 9.32. The van der Waals surface area contributed by atoms with E-state index in [2.05, 4.69) is 56.8 Å². The van der Waals surface area contributed by atoms with Crippen molar-refractivity contribution in [1.82, 2.24) is 59.7 Å². The fraction of sp³-hybridized carbons (Fsp3) is 0.509. The van der Waals surface area contributed by atoms with Crippen molar-refractivity contribution in [2.24, 2.45) is 17.4 Å². The molecule has 8 N–H and O–H groups in total. The number of terminal acetylenes is 1. The Hall–Kier alpha value is -7.47. The Morgan fingerprint density at radius 3 is 1.97 bits per heavy atom. The second-order valence-electron chi connectivity index (χ2n) is 19.5. The van der Waals surface area contributed by atoms with E-state index in [-0.39, 0.29) is 74.5 Å². The minimum Gasteiger partial charge on any atom is -1.00 e. The Bertz CT molecular complexity index is 2900. The molecule has 0 aliphatic carbocycles. The molecule has 5 atom stereocenters. The number of fused-ring (bicyclic) bond motifs is 1. The number of piperazine rings is 2. The molecule has 0 saturated carbocycles. The number of anilines is 3. The second-order valence-corrected chi connectivity index (χ2v) is 19.5. The smallest absolute Gasteiger partial charge is 0.303 e. The minimum absolute atomic E-state index is 0. The van der Waals surface area contributed by atoms with Gasteiger partial charge in [0, 0.05) is 83.0 Å². The maximum atomic E-state index is 14.7. The Kier molecular flexibility index (Phi) is 21.7. The summed E-state index contributed by atoms with van der Waals surface area (Å²) in [7, 11) is 0. The number of phenols is 1. The standard InChI is InChI=1S/C53H71N17O8.ClH/c1-4-25-76-27-29-78-30-28-77-26-16-56-51-58-52(67-21-17-65(18-22-67)49(74)45(14-15-47(72)73)69-34-43(61-63-69)41(54)31-37-10-12-40(71)13-11-37)60-53(59-51)68-23-19-66(20-24-68)50(75)46(33-39-32-38-8-6-7-9-42(38)57-39)70-35-44(62-64-70)48(55)36(3)5-2;/h1,6-13,32,34-36,41,45-46,48,57,71H,5,14-31,33,54-55H2,2-3H3,(H,72,73)(H,56,58,59,60);1H/p-1. The van der Waals surface area contributed by atoms with Crippen LogP contribution in [-0.4, -0.2) is 186 Å². The number of aromatic hydroxyl groups is 1. The third-order valence-electron chi connectivity index (χ3n) is 14.1. The van der Waals surface area contributed by atoms with Crippen molar-refractivity contribution in [2.75, 3.05) is 114 Å². The first-order valence-electron chi connectivity index (χ1n) is 26.5. The summed E-state index contributed by atoms with van der Waals surface area (Å²) in [5, 5.41) is 41.1. The van der Waals surface area contributed by atoms with Crippen LogP contribution in [0.1, 0.15) is 79.9 Å². The van der Waals surface area contributed by atoms with Gasteiger partial charge in [0.05, 0.1) is 68.9 Å². The number of carbonyl (C=O) groups is 3. The molecule has 5 unspecified atom stereocenters. The van der Waals surface area contributed by atoms with E-state index in [0.717, 1.165) is 28.6 Å². The molecule has 0 radical (unpaired) electrons. The number of benzene rings is 2. The lowest BCUT2D eigenvalue weighted by molar-refractivity contribution is -0.139. The van der Waals surface area contributed by atoms with Gasteiger partial charge in [0.1, 0.15) is 24.4 Å². The van der Waals surface area contributed by atoms with Gasteiger partial charge in [-0.25, -0.2) is 9.36 Å². The van der Waals surface area contributed by atoms with Crippen molar-refractivity contribution in [1.29, 1.82) is 0 Å². The van der Waals surface area contributed by atoms with Crippen LogP contribution in [0.25, 0.3) is 10.9 Å². The molecule has 26 heteroatoms. The SMILES string of the molecule is C#CCOCCOCCOCCNc1nc(N2CCN(C(=O)C(CCC(=O)O)n3cc(C(N)Cc4ccc(O)cc4)nn3)CC2)nc(N2CCN(C(=O)C(Cc3cc4ccccc4[nH]3)n3cc(C(N)C(C)CC)nn3)CC2)n1.[Cl-]. The molecular weight excluding hydrogens is 1040 g/mol. The van der Waals surface area contributed by atoms with Crippen LogP contribution < -0.4 is 39.0 Å². The number of halogens is 1. The summed E-state index contributed by atoms with van der Waals surface area (Å²) in [6, 6.07) is 14.2. The van der Waals surface area contributed by atoms with Gasteiger partial charge in [0.15, 0.2) is 0 Å². The molecule has 6 heterocycles. The van der Waals surface area contributed by atoms with Crippen LogP contribution in [0.15, 0.2) is 67.0 Å². The number of hydrogen-bond donors (Lipinski definition) is 6. The number of carboxylic acids is 1. The quantitative estimate of drug-likeness (QED) is 0.0267. The molecule has 2 aliphatic rings. The summed E-state index contributed by atoms with van der Waals surface area (Å²) in [6.07, 6.45) is 9.99. The molecule has 6 aromatic rings. The van der Waals surface area contributed by atoms with Gasteiger partial charge >= 0.3 is 5.97 Å². The zero-order valence-corrected chi connectivity index (χ0v) is 45.4. The number of H-pyrrole nitrogens is 1. The molecule has 4 aromatic heterocycles. The van der Waals surface area contributed by atoms with E-state index in [0.29, 0.717) is 121 Å². The summed E-state index contributed by atoms with van der Waals surface area (Å²) < 4.78 is 19.6. The molecule has 0 bridgehead atoms. The molecule has 2 aromatic carbocycles. The van der Waals surface area contributed by atoms with Crippen LogP contribution >= 0.6 is 0 Å². The predicted octanol–water partition coefficient (Wildman–Crippen LogP) is -0.484. The van der Waals surface area contributed by atoms with E-state index in [4.69, 9.17) is 47.1 Å². The third-order valence-corrected chi connectivity index (χ3v) is 14.1. The lowest BCUT2D eigenvalue weighted by atomic mass is 9.98. The van der Waals surface area contributed by atoms with E-state index in [1.165, 1.54) is 4.68 Å². The maximum Gasteiger partial charge on any atom is 0.303 e. The molecule has 79 heavy (non-hydrogen) atoms. The Balaban J connectivity index is 0.00000903. The molecule has 2 amide bonds. The van der Waals surface area contributed by atoms with Crippen molar-refractivity contribution in [3.8, 4) is 18.1 Å². The van der Waals surface area contributed by atoms with Crippen molar-refractivity contribution in [2.45, 2.75) is 70.1 Å². The van der Waals surface area contributed by atoms with Crippen LogP contribution in [0.3, 0.4) is 0 Å². The number of amides is 2. The number of aromatic amines is 1. The molecular formula is C53H71ClN17O8-. The molecule has 8 rings (SSSR count). The first-order valence-corrected chi connectivity index (χ1v) is 26.5. The summed E-state index contributed by atoms with van der Waals surface area (Å²) in [5.41, 5.74) is 16.9. The number of phenolic OH excluding ortho intramolecular Hbond substituents is 1. The van der Waals surface area contributed by atoms with Gasteiger partial charge in [-0.1, -0.05) is 66.9 Å². The first kappa shape index (κ1) is 59.2. The Labute approximate surface area is 464 Å². The summed E-state index contributed by atoms with van der Waals surface area (Å²) in [4.78, 5) is 66.4. The average Bonchev–Trinajstić information content (AvgIpc) is 4.26. The molecule has 2 saturated heterocycles. The van der Waals surface area contributed by atoms with E-state index in [1.54, 1.807) is 46.2 Å². The third kappa shape index (κ3) is 16.1. The van der Waals surface area contributed by atoms with Crippen molar-refractivity contribution < 1.29 is 51.2 Å². The van der Waals surface area contributed by atoms with Gasteiger partial charge in [0.2, 0.25) is 29.7 Å². The van der Waals surface area contributed by atoms with Crippen LogP contribution in [0.5, 0.6) is 5.75 Å². The summed E-state index contributed by atoms with van der Waals surface area (Å²) in [5.74, 6) is 2.44. The zero-order valence-electron chi connectivity index (χ0n) is 44.6. The highest BCUT2D eigenvalue weighted by Gasteiger charge is 2.34. The average molecular weight is 1110 g/mol. The summed E-state index contributed by atoms with van der Waals surface area (Å²) >= 11 is 0. The number of carboxylic acid groups (broad SMARTS) is 1. The summed E-state index contributed by atoms with van der Waals surface area (Å²) in [6.45, 7) is 9.59. The van der Waals surface area contributed by atoms with E-state index in [9.17, 15) is 24.6 Å². The highest BCUT2D eigenvalue weighted by Crippen LogP contribution is 2.27. The number of aliphatic carboxylic acids is 1. The number of rotatable bonds is 28. The topological polar surface area (TPSA) is 312 Å². The minimum atomic E-state index is -1.04. The van der Waals surface area contributed by atoms with Gasteiger partial charge < -0.3 is 78.2 Å². The number of aromatic nitrogens is 10. The van der Waals surface area contributed by atoms with Crippen LogP contribution in [0.4, 0.5) is 17.8 Å².